The first-order valence-electron chi connectivity index (χ1n) is 4.92. The van der Waals surface area contributed by atoms with E-state index in [1.807, 2.05) is 6.92 Å². The molecule has 14 heavy (non-hydrogen) atoms. The molecular formula is C12H14BrN. The molecule has 1 unspecified atom stereocenters. The number of hydrogen-bond donors (Lipinski definition) is 1. The van der Waals surface area contributed by atoms with E-state index in [0.717, 1.165) is 12.8 Å². The van der Waals surface area contributed by atoms with E-state index in [1.54, 1.807) is 0 Å². The van der Waals surface area contributed by atoms with Gasteiger partial charge in [0.15, 0.2) is 0 Å². The first-order chi connectivity index (χ1) is 6.68. The molecule has 1 atom stereocenters. The molecule has 74 valence electrons. The first kappa shape index (κ1) is 9.94. The third-order valence-corrected chi connectivity index (χ3v) is 3.43. The summed E-state index contributed by atoms with van der Waals surface area (Å²) in [5.41, 5.74) is 9.97. The molecule has 1 aromatic carbocycles. The largest absolute Gasteiger partial charge is 0.324 e. The highest BCUT2D eigenvalue weighted by atomic mass is 79.9. The molecule has 0 amide bonds. The minimum atomic E-state index is 0.176. The van der Waals surface area contributed by atoms with E-state index in [4.69, 9.17) is 5.73 Å². The Kier molecular flexibility index (Phi) is 2.75. The standard InChI is InChI=1S/C12H14BrN/c1-8(14)10-6-5-9-3-2-4-12(13)11(9)7-10/h2-4,7-8H,5-6,14H2,1H3. The van der Waals surface area contributed by atoms with Crippen LogP contribution in [0.4, 0.5) is 0 Å². The normalized spacial score (nSPS) is 17.2. The second-order valence-electron chi connectivity index (χ2n) is 3.82. The highest BCUT2D eigenvalue weighted by Crippen LogP contribution is 2.30. The van der Waals surface area contributed by atoms with Gasteiger partial charge in [-0.25, -0.2) is 0 Å². The van der Waals surface area contributed by atoms with Gasteiger partial charge in [0, 0.05) is 10.5 Å². The molecule has 2 heteroatoms. The van der Waals surface area contributed by atoms with Gasteiger partial charge in [-0.15, -0.1) is 0 Å². The topological polar surface area (TPSA) is 26.0 Å². The van der Waals surface area contributed by atoms with Gasteiger partial charge in [0.25, 0.3) is 0 Å². The molecule has 0 fully saturated rings. The van der Waals surface area contributed by atoms with Gasteiger partial charge in [-0.1, -0.05) is 39.7 Å². The van der Waals surface area contributed by atoms with Crippen molar-refractivity contribution in [3.63, 3.8) is 0 Å². The highest BCUT2D eigenvalue weighted by molar-refractivity contribution is 9.10. The molecule has 0 saturated carbocycles. The smallest absolute Gasteiger partial charge is 0.0250 e. The van der Waals surface area contributed by atoms with E-state index < -0.39 is 0 Å². The van der Waals surface area contributed by atoms with Gasteiger partial charge in [-0.05, 0) is 37.0 Å². The summed E-state index contributed by atoms with van der Waals surface area (Å²) in [5.74, 6) is 0. The van der Waals surface area contributed by atoms with Crippen molar-refractivity contribution in [1.82, 2.24) is 0 Å². The second-order valence-corrected chi connectivity index (χ2v) is 4.67. The summed E-state index contributed by atoms with van der Waals surface area (Å²) < 4.78 is 1.17. The van der Waals surface area contributed by atoms with Crippen LogP contribution >= 0.6 is 15.9 Å². The van der Waals surface area contributed by atoms with Crippen molar-refractivity contribution < 1.29 is 0 Å². The summed E-state index contributed by atoms with van der Waals surface area (Å²) in [6, 6.07) is 6.54. The van der Waals surface area contributed by atoms with Crippen LogP contribution in [0, 0.1) is 0 Å². The van der Waals surface area contributed by atoms with Crippen LogP contribution in [0.15, 0.2) is 28.2 Å². The van der Waals surface area contributed by atoms with Crippen LogP contribution in [-0.4, -0.2) is 6.04 Å². The lowest BCUT2D eigenvalue weighted by Gasteiger charge is -2.19. The molecule has 0 aromatic heterocycles. The molecule has 0 heterocycles. The highest BCUT2D eigenvalue weighted by Gasteiger charge is 2.14. The van der Waals surface area contributed by atoms with Gasteiger partial charge >= 0.3 is 0 Å². The van der Waals surface area contributed by atoms with E-state index in [1.165, 1.54) is 21.2 Å². The second kappa shape index (κ2) is 3.87. The molecule has 1 aromatic rings. The Balaban J connectivity index is 2.47. The fraction of sp³-hybridized carbons (Fsp3) is 0.333. The van der Waals surface area contributed by atoms with Crippen LogP contribution in [0.25, 0.3) is 6.08 Å². The van der Waals surface area contributed by atoms with E-state index >= 15 is 0 Å². The van der Waals surface area contributed by atoms with Gasteiger partial charge in [0.1, 0.15) is 0 Å². The Morgan fingerprint density at radius 3 is 2.86 bits per heavy atom. The molecule has 0 bridgehead atoms. The van der Waals surface area contributed by atoms with E-state index in [0.29, 0.717) is 0 Å². The predicted octanol–water partition coefficient (Wildman–Crippen LogP) is 3.13. The summed E-state index contributed by atoms with van der Waals surface area (Å²) in [6.45, 7) is 2.05. The maximum Gasteiger partial charge on any atom is 0.0250 e. The summed E-state index contributed by atoms with van der Waals surface area (Å²) in [4.78, 5) is 0. The zero-order valence-electron chi connectivity index (χ0n) is 8.26. The Morgan fingerprint density at radius 1 is 1.36 bits per heavy atom. The summed E-state index contributed by atoms with van der Waals surface area (Å²) in [7, 11) is 0. The minimum absolute atomic E-state index is 0.176. The van der Waals surface area contributed by atoms with Crippen molar-refractivity contribution in [2.24, 2.45) is 5.73 Å². The van der Waals surface area contributed by atoms with E-state index in [-0.39, 0.29) is 6.04 Å². The molecular weight excluding hydrogens is 238 g/mol. The number of hydrogen-bond acceptors (Lipinski definition) is 1. The lowest BCUT2D eigenvalue weighted by Crippen LogP contribution is -2.20. The van der Waals surface area contributed by atoms with Crippen LogP contribution in [-0.2, 0) is 6.42 Å². The van der Waals surface area contributed by atoms with Crippen molar-refractivity contribution in [2.45, 2.75) is 25.8 Å². The molecule has 0 saturated heterocycles. The lowest BCUT2D eigenvalue weighted by molar-refractivity contribution is 0.777. The van der Waals surface area contributed by atoms with Gasteiger partial charge in [0.2, 0.25) is 0 Å². The minimum Gasteiger partial charge on any atom is -0.324 e. The van der Waals surface area contributed by atoms with Gasteiger partial charge < -0.3 is 5.73 Å². The van der Waals surface area contributed by atoms with E-state index in [2.05, 4.69) is 40.2 Å². The van der Waals surface area contributed by atoms with Crippen LogP contribution in [0.5, 0.6) is 0 Å². The lowest BCUT2D eigenvalue weighted by atomic mass is 9.89. The van der Waals surface area contributed by atoms with Gasteiger partial charge in [-0.2, -0.15) is 0 Å². The van der Waals surface area contributed by atoms with Gasteiger partial charge in [-0.3, -0.25) is 0 Å². The Hall–Kier alpha value is -0.600. The van der Waals surface area contributed by atoms with Gasteiger partial charge in [0.05, 0.1) is 0 Å². The molecule has 1 nitrogen and oxygen atoms in total. The Labute approximate surface area is 93.1 Å². The number of nitrogens with two attached hydrogens (primary N) is 1. The Bertz CT molecular complexity index is 380. The van der Waals surface area contributed by atoms with Crippen molar-refractivity contribution >= 4 is 22.0 Å². The predicted molar refractivity (Wildman–Crippen MR) is 64.1 cm³/mol. The summed E-state index contributed by atoms with van der Waals surface area (Å²) in [5, 5.41) is 0. The average Bonchev–Trinajstić information content (AvgIpc) is 2.18. The van der Waals surface area contributed by atoms with Crippen molar-refractivity contribution in [1.29, 1.82) is 0 Å². The fourth-order valence-corrected chi connectivity index (χ4v) is 2.38. The molecule has 0 spiro atoms. The van der Waals surface area contributed by atoms with Crippen molar-refractivity contribution in [3.8, 4) is 0 Å². The zero-order chi connectivity index (χ0) is 10.1. The average molecular weight is 252 g/mol. The molecule has 2 N–H and O–H groups in total. The summed E-state index contributed by atoms with van der Waals surface area (Å²) >= 11 is 3.57. The quantitative estimate of drug-likeness (QED) is 0.816. The number of rotatable bonds is 1. The number of fused-ring (bicyclic) bond motifs is 1. The third-order valence-electron chi connectivity index (χ3n) is 2.74. The number of halogens is 1. The van der Waals surface area contributed by atoms with Crippen LogP contribution in [0.1, 0.15) is 24.5 Å². The number of aryl methyl sites for hydroxylation is 1. The van der Waals surface area contributed by atoms with Crippen molar-refractivity contribution in [2.75, 3.05) is 0 Å². The maximum absolute atomic E-state index is 5.89. The van der Waals surface area contributed by atoms with Crippen LogP contribution in [0.2, 0.25) is 0 Å². The fourth-order valence-electron chi connectivity index (χ4n) is 1.86. The first-order valence-corrected chi connectivity index (χ1v) is 5.71. The molecule has 0 aliphatic heterocycles. The molecule has 1 aliphatic carbocycles. The zero-order valence-corrected chi connectivity index (χ0v) is 9.84. The molecule has 2 rings (SSSR count). The Morgan fingerprint density at radius 2 is 2.14 bits per heavy atom. The SMILES string of the molecule is CC(N)C1=Cc2c(Br)cccc2CC1. The van der Waals surface area contributed by atoms with Crippen LogP contribution in [0.3, 0.4) is 0 Å². The summed E-state index contributed by atoms with van der Waals surface area (Å²) in [6.07, 6.45) is 4.44. The molecule has 1 aliphatic rings. The monoisotopic (exact) mass is 251 g/mol. The van der Waals surface area contributed by atoms with E-state index in [9.17, 15) is 0 Å². The molecule has 0 radical (unpaired) electrons. The maximum atomic E-state index is 5.89. The van der Waals surface area contributed by atoms with Crippen molar-refractivity contribution in [3.05, 3.63) is 39.4 Å². The third kappa shape index (κ3) is 1.77. The van der Waals surface area contributed by atoms with Crippen LogP contribution < -0.4 is 5.73 Å². The number of benzene rings is 1.